The van der Waals surface area contributed by atoms with Crippen LogP contribution in [0.1, 0.15) is 12.8 Å². The smallest absolute Gasteiger partial charge is 0.244 e. The highest BCUT2D eigenvalue weighted by molar-refractivity contribution is 7.89. The first kappa shape index (κ1) is 17.3. The number of sulfonamides is 1. The van der Waals surface area contributed by atoms with Crippen LogP contribution >= 0.6 is 0 Å². The normalized spacial score (nSPS) is 18.2. The molecule has 0 unspecified atom stereocenters. The maximum atomic E-state index is 13.0. The topological polar surface area (TPSA) is 56.8 Å². The van der Waals surface area contributed by atoms with Crippen molar-refractivity contribution >= 4 is 10.0 Å². The molecule has 0 spiro atoms. The first-order valence-electron chi connectivity index (χ1n) is 7.66. The van der Waals surface area contributed by atoms with Crippen molar-refractivity contribution in [3.63, 3.8) is 0 Å². The van der Waals surface area contributed by atoms with Gasteiger partial charge in [0.25, 0.3) is 0 Å². The summed E-state index contributed by atoms with van der Waals surface area (Å²) in [5.74, 6) is 0. The van der Waals surface area contributed by atoms with Gasteiger partial charge in [-0.2, -0.15) is 4.31 Å². The number of likely N-dealkylation sites (tertiary alicyclic amines) is 1. The van der Waals surface area contributed by atoms with Crippen molar-refractivity contribution in [3.05, 3.63) is 24.5 Å². The van der Waals surface area contributed by atoms with Crippen molar-refractivity contribution < 1.29 is 8.42 Å². The van der Waals surface area contributed by atoms with Crippen LogP contribution < -0.4 is 0 Å². The zero-order chi connectivity index (χ0) is 16.2. The Labute approximate surface area is 133 Å². The zero-order valence-corrected chi connectivity index (χ0v) is 14.5. The molecule has 124 valence electrons. The average Bonchev–Trinajstić information content (AvgIpc) is 2.49. The van der Waals surface area contributed by atoms with Gasteiger partial charge in [-0.25, -0.2) is 8.42 Å². The summed E-state index contributed by atoms with van der Waals surface area (Å²) in [6.07, 6.45) is 4.79. The lowest BCUT2D eigenvalue weighted by Crippen LogP contribution is -2.48. The molecule has 1 aliphatic rings. The second kappa shape index (κ2) is 7.50. The van der Waals surface area contributed by atoms with E-state index in [0.717, 1.165) is 25.9 Å². The minimum Gasteiger partial charge on any atom is -0.308 e. The van der Waals surface area contributed by atoms with Gasteiger partial charge < -0.3 is 9.80 Å². The van der Waals surface area contributed by atoms with E-state index >= 15 is 0 Å². The Hall–Kier alpha value is -1.02. The number of pyridine rings is 1. The van der Waals surface area contributed by atoms with Crippen LogP contribution in [-0.2, 0) is 10.0 Å². The summed E-state index contributed by atoms with van der Waals surface area (Å²) < 4.78 is 27.6. The monoisotopic (exact) mass is 326 g/mol. The van der Waals surface area contributed by atoms with Crippen LogP contribution in [0.3, 0.4) is 0 Å². The summed E-state index contributed by atoms with van der Waals surface area (Å²) in [6, 6.07) is 3.37. The van der Waals surface area contributed by atoms with Crippen LogP contribution in [-0.4, -0.2) is 80.9 Å². The molecular weight excluding hydrogens is 300 g/mol. The molecule has 1 aliphatic heterocycles. The largest absolute Gasteiger partial charge is 0.308 e. The fourth-order valence-corrected chi connectivity index (χ4v) is 4.36. The summed E-state index contributed by atoms with van der Waals surface area (Å²) in [5.41, 5.74) is 0. The zero-order valence-electron chi connectivity index (χ0n) is 13.6. The third kappa shape index (κ3) is 4.25. The quantitative estimate of drug-likeness (QED) is 0.771. The molecular formula is C15H26N4O2S. The molecule has 0 radical (unpaired) electrons. The molecule has 0 N–H and O–H groups in total. The predicted octanol–water partition coefficient (Wildman–Crippen LogP) is 0.728. The number of likely N-dealkylation sites (N-methyl/N-ethyl adjacent to an activating group) is 1. The van der Waals surface area contributed by atoms with E-state index in [-0.39, 0.29) is 10.9 Å². The van der Waals surface area contributed by atoms with E-state index in [9.17, 15) is 8.42 Å². The Morgan fingerprint density at radius 1 is 1.27 bits per heavy atom. The second-order valence-corrected chi connectivity index (χ2v) is 8.03. The number of hydrogen-bond donors (Lipinski definition) is 0. The Morgan fingerprint density at radius 3 is 2.50 bits per heavy atom. The van der Waals surface area contributed by atoms with Gasteiger partial charge in [0.15, 0.2) is 0 Å². The number of piperidine rings is 1. The third-order valence-electron chi connectivity index (χ3n) is 4.10. The van der Waals surface area contributed by atoms with Crippen molar-refractivity contribution in [3.8, 4) is 0 Å². The molecule has 1 aromatic rings. The lowest BCUT2D eigenvalue weighted by molar-refractivity contribution is 0.175. The molecule has 2 heterocycles. The van der Waals surface area contributed by atoms with Crippen LogP contribution in [0, 0.1) is 0 Å². The summed E-state index contributed by atoms with van der Waals surface area (Å²) in [7, 11) is 2.51. The summed E-state index contributed by atoms with van der Waals surface area (Å²) in [4.78, 5) is 8.51. The first-order chi connectivity index (χ1) is 10.4. The lowest BCUT2D eigenvalue weighted by atomic mass is 10.1. The fraction of sp³-hybridized carbons (Fsp3) is 0.667. The molecule has 1 fully saturated rings. The highest BCUT2D eigenvalue weighted by Crippen LogP contribution is 2.23. The molecule has 1 aromatic heterocycles. The minimum atomic E-state index is -3.49. The van der Waals surface area contributed by atoms with Crippen LogP contribution in [0.25, 0.3) is 0 Å². The average molecular weight is 326 g/mol. The SMILES string of the molecule is CN(C)CCN(C1CCN(C)CC1)S(=O)(=O)c1cccnc1. The fourth-order valence-electron chi connectivity index (χ4n) is 2.72. The van der Waals surface area contributed by atoms with E-state index in [1.807, 2.05) is 19.0 Å². The van der Waals surface area contributed by atoms with Gasteiger partial charge in [0.1, 0.15) is 4.90 Å². The highest BCUT2D eigenvalue weighted by atomic mass is 32.2. The van der Waals surface area contributed by atoms with Crippen molar-refractivity contribution in [2.24, 2.45) is 0 Å². The van der Waals surface area contributed by atoms with Crippen LogP contribution in [0.5, 0.6) is 0 Å². The molecule has 0 amide bonds. The maximum Gasteiger partial charge on any atom is 0.244 e. The Bertz CT molecular complexity index is 554. The summed E-state index contributed by atoms with van der Waals surface area (Å²) in [6.45, 7) is 3.10. The Kier molecular flexibility index (Phi) is 5.91. The maximum absolute atomic E-state index is 13.0. The van der Waals surface area contributed by atoms with E-state index in [1.54, 1.807) is 22.6 Å². The van der Waals surface area contributed by atoms with E-state index in [1.165, 1.54) is 6.20 Å². The molecule has 0 saturated carbocycles. The van der Waals surface area contributed by atoms with Gasteiger partial charge >= 0.3 is 0 Å². The van der Waals surface area contributed by atoms with Crippen molar-refractivity contribution in [1.29, 1.82) is 0 Å². The minimum absolute atomic E-state index is 0.0707. The van der Waals surface area contributed by atoms with Crippen LogP contribution in [0.2, 0.25) is 0 Å². The Balaban J connectivity index is 2.23. The number of aromatic nitrogens is 1. The van der Waals surface area contributed by atoms with Gasteiger partial charge in [0.2, 0.25) is 10.0 Å². The Morgan fingerprint density at radius 2 is 1.95 bits per heavy atom. The van der Waals surface area contributed by atoms with Gasteiger partial charge in [0.05, 0.1) is 0 Å². The standard InChI is InChI=1S/C15H26N4O2S/c1-17(2)11-12-19(14-6-9-18(3)10-7-14)22(20,21)15-5-4-8-16-13-15/h4-5,8,13-14H,6-7,9-12H2,1-3H3. The molecule has 0 aliphatic carbocycles. The summed E-state index contributed by atoms with van der Waals surface area (Å²) >= 11 is 0. The third-order valence-corrected chi connectivity index (χ3v) is 6.04. The van der Waals surface area contributed by atoms with E-state index in [0.29, 0.717) is 13.1 Å². The van der Waals surface area contributed by atoms with Crippen molar-refractivity contribution in [1.82, 2.24) is 19.1 Å². The molecule has 6 nitrogen and oxygen atoms in total. The van der Waals surface area contributed by atoms with Gasteiger partial charge in [-0.05, 0) is 59.2 Å². The van der Waals surface area contributed by atoms with Crippen LogP contribution in [0.4, 0.5) is 0 Å². The first-order valence-corrected chi connectivity index (χ1v) is 9.10. The van der Waals surface area contributed by atoms with Crippen LogP contribution in [0.15, 0.2) is 29.4 Å². The molecule has 7 heteroatoms. The van der Waals surface area contributed by atoms with E-state index in [2.05, 4.69) is 16.9 Å². The lowest BCUT2D eigenvalue weighted by Gasteiger charge is -2.36. The van der Waals surface area contributed by atoms with Gasteiger partial charge in [0, 0.05) is 31.5 Å². The predicted molar refractivity (Wildman–Crippen MR) is 87.2 cm³/mol. The van der Waals surface area contributed by atoms with Crippen molar-refractivity contribution in [2.45, 2.75) is 23.8 Å². The molecule has 1 saturated heterocycles. The van der Waals surface area contributed by atoms with Gasteiger partial charge in [-0.3, -0.25) is 4.98 Å². The van der Waals surface area contributed by atoms with Gasteiger partial charge in [-0.1, -0.05) is 0 Å². The number of nitrogens with zero attached hydrogens (tertiary/aromatic N) is 4. The summed E-state index contributed by atoms with van der Waals surface area (Å²) in [5, 5.41) is 0. The molecule has 22 heavy (non-hydrogen) atoms. The molecule has 0 aromatic carbocycles. The van der Waals surface area contributed by atoms with E-state index in [4.69, 9.17) is 0 Å². The second-order valence-electron chi connectivity index (χ2n) is 6.14. The number of rotatable bonds is 6. The molecule has 0 bridgehead atoms. The van der Waals surface area contributed by atoms with E-state index < -0.39 is 10.0 Å². The van der Waals surface area contributed by atoms with Crippen molar-refractivity contribution in [2.75, 3.05) is 47.3 Å². The van der Waals surface area contributed by atoms with Gasteiger partial charge in [-0.15, -0.1) is 0 Å². The number of hydrogen-bond acceptors (Lipinski definition) is 5. The molecule has 2 rings (SSSR count). The molecule has 0 atom stereocenters. The highest BCUT2D eigenvalue weighted by Gasteiger charge is 2.33.